The molecule has 0 spiro atoms. The Balaban J connectivity index is 1.14. The molecule has 11 aromatic rings. The summed E-state index contributed by atoms with van der Waals surface area (Å²) in [5.74, 6) is 0. The van der Waals surface area contributed by atoms with E-state index in [-0.39, 0.29) is 0 Å². The molecule has 0 unspecified atom stereocenters. The molecule has 1 heteroatoms. The van der Waals surface area contributed by atoms with Crippen LogP contribution in [0, 0.1) is 0 Å². The highest BCUT2D eigenvalue weighted by Gasteiger charge is 2.33. The highest BCUT2D eigenvalue weighted by atomic mass is 32.3. The summed E-state index contributed by atoms with van der Waals surface area (Å²) < 4.78 is 0. The fourth-order valence-corrected chi connectivity index (χ4v) is 13.6. The van der Waals surface area contributed by atoms with E-state index in [4.69, 9.17) is 0 Å². The largest absolute Gasteiger partial charge is 0.192 e. The van der Waals surface area contributed by atoms with Gasteiger partial charge in [0.2, 0.25) is 0 Å². The molecule has 1 aliphatic carbocycles. The van der Waals surface area contributed by atoms with E-state index in [9.17, 15) is 0 Å². The highest BCUT2D eigenvalue weighted by Crippen LogP contribution is 2.68. The second kappa shape index (κ2) is 14.8. The van der Waals surface area contributed by atoms with E-state index >= 15 is 0 Å². The molecule has 0 amide bonds. The fourth-order valence-electron chi connectivity index (χ4n) is 11.1. The molecule has 0 aromatic heterocycles. The van der Waals surface area contributed by atoms with E-state index in [0.717, 1.165) is 12.8 Å². The first kappa shape index (κ1) is 38.0. The Morgan fingerprint density at radius 3 is 1.58 bits per heavy atom. The molecule has 308 valence electrons. The van der Waals surface area contributed by atoms with Gasteiger partial charge in [-0.1, -0.05) is 170 Å². The lowest BCUT2D eigenvalue weighted by Crippen LogP contribution is -1.98. The molecule has 0 saturated heterocycles. The summed E-state index contributed by atoms with van der Waals surface area (Å²) in [7, 11) is -1.29. The molecule has 0 bridgehead atoms. The van der Waals surface area contributed by atoms with Crippen molar-refractivity contribution in [1.82, 2.24) is 0 Å². The van der Waals surface area contributed by atoms with Gasteiger partial charge in [-0.2, -0.15) is 10.0 Å². The number of rotatable bonds is 5. The molecule has 1 aliphatic heterocycles. The van der Waals surface area contributed by atoms with Crippen LogP contribution in [0.1, 0.15) is 17.5 Å². The van der Waals surface area contributed by atoms with Gasteiger partial charge in [0.25, 0.3) is 0 Å². The Morgan fingerprint density at radius 2 is 0.877 bits per heavy atom. The lowest BCUT2D eigenvalue weighted by atomic mass is 9.82. The fraction of sp³-hybridized carbons (Fsp3) is 0.0625. The molecule has 0 fully saturated rings. The zero-order valence-electron chi connectivity index (χ0n) is 36.6. The molecule has 0 N–H and O–H groups in total. The van der Waals surface area contributed by atoms with E-state index in [1.165, 1.54) is 131 Å². The van der Waals surface area contributed by atoms with Gasteiger partial charge in [-0.25, -0.2) is 0 Å². The van der Waals surface area contributed by atoms with Crippen molar-refractivity contribution >= 4 is 59.2 Å². The number of aryl methyl sites for hydroxylation is 1. The van der Waals surface area contributed by atoms with Crippen molar-refractivity contribution in [3.8, 4) is 66.8 Å². The van der Waals surface area contributed by atoms with Crippen LogP contribution in [-0.2, 0) is 6.42 Å². The monoisotopic (exact) mass is 846 g/mol. The average Bonchev–Trinajstić information content (AvgIpc) is 3.59. The van der Waals surface area contributed by atoms with Gasteiger partial charge in [0.05, 0.1) is 0 Å². The van der Waals surface area contributed by atoms with Gasteiger partial charge in [-0.05, 0) is 195 Å². The lowest BCUT2D eigenvalue weighted by molar-refractivity contribution is 0.986. The summed E-state index contributed by atoms with van der Waals surface area (Å²) in [6.07, 6.45) is 11.8. The van der Waals surface area contributed by atoms with Gasteiger partial charge in [0.1, 0.15) is 0 Å². The van der Waals surface area contributed by atoms with Gasteiger partial charge in [-0.3, -0.25) is 0 Å². The summed E-state index contributed by atoms with van der Waals surface area (Å²) in [6, 6.07) is 78.3. The van der Waals surface area contributed by atoms with Crippen LogP contribution in [0.2, 0.25) is 0 Å². The molecule has 65 heavy (non-hydrogen) atoms. The van der Waals surface area contributed by atoms with Gasteiger partial charge in [-0.15, -0.1) is 0 Å². The normalized spacial score (nSPS) is 14.1. The summed E-state index contributed by atoms with van der Waals surface area (Å²) >= 11 is 0. The molecule has 13 rings (SSSR count). The predicted molar refractivity (Wildman–Crippen MR) is 282 cm³/mol. The maximum absolute atomic E-state index is 2.61. The van der Waals surface area contributed by atoms with Crippen molar-refractivity contribution in [2.24, 2.45) is 0 Å². The van der Waals surface area contributed by atoms with Crippen LogP contribution in [0.5, 0.6) is 0 Å². The van der Waals surface area contributed by atoms with E-state index < -0.39 is 10.0 Å². The van der Waals surface area contributed by atoms with Gasteiger partial charge in [0.15, 0.2) is 0 Å². The maximum Gasteiger partial charge on any atom is 0.00219 e. The minimum Gasteiger partial charge on any atom is -0.192 e. The molecular weight excluding hydrogens is 801 g/mol. The highest BCUT2D eigenvalue weighted by molar-refractivity contribution is 8.33. The van der Waals surface area contributed by atoms with Crippen molar-refractivity contribution in [3.05, 3.63) is 223 Å². The number of allylic oxidation sites excluding steroid dienone is 1. The number of benzene rings is 11. The number of hydrogen-bond donors (Lipinski definition) is 0. The Bertz CT molecular complexity index is 3810. The van der Waals surface area contributed by atoms with Gasteiger partial charge in [0, 0.05) is 9.79 Å². The van der Waals surface area contributed by atoms with E-state index in [1.54, 1.807) is 0 Å². The standard InChI is InChI=1S/C64H46S/c1-65(2)61-27-10-9-25-55(61)57-39-59-60(40-62(57)65)64(52-23-12-21-47(37-52)49-31-29-42-15-4-6-18-45(42)35-49)58-38-50(54-26-13-19-43-16-7-8-24-53(43)54)32-33-56(58)63(59)51-22-11-20-46(36-51)48-30-28-41-14-3-5-17-44(41)34-48/h3-6,8-15,17-40H,7,16H2,1-2H3. The first-order valence-electron chi connectivity index (χ1n) is 22.8. The Kier molecular flexibility index (Phi) is 8.67. The minimum atomic E-state index is -1.29. The first-order chi connectivity index (χ1) is 32.0. The number of fused-ring (bicyclic) bond motifs is 8. The van der Waals surface area contributed by atoms with E-state index in [0.29, 0.717) is 0 Å². The van der Waals surface area contributed by atoms with Crippen LogP contribution < -0.4 is 0 Å². The van der Waals surface area contributed by atoms with Crippen LogP contribution in [0.3, 0.4) is 0 Å². The van der Waals surface area contributed by atoms with Crippen LogP contribution in [0.15, 0.2) is 222 Å². The van der Waals surface area contributed by atoms with Crippen LogP contribution in [0.25, 0.3) is 116 Å². The molecule has 0 radical (unpaired) electrons. The maximum atomic E-state index is 2.61. The average molecular weight is 847 g/mol. The van der Waals surface area contributed by atoms with Crippen LogP contribution in [-0.4, -0.2) is 12.5 Å². The zero-order valence-corrected chi connectivity index (χ0v) is 37.4. The SMILES string of the molecule is CS1(C)c2ccccc2-c2cc3c(-c4cccc(-c5ccc6ccccc6c5)c4)c4ccc(-c5cccc6c5C=CCC6)cc4c(-c4cccc(-c5ccc6ccccc6c5)c4)c3cc21. The molecular formula is C64H46S. The third kappa shape index (κ3) is 6.14. The molecule has 0 nitrogen and oxygen atoms in total. The summed E-state index contributed by atoms with van der Waals surface area (Å²) in [4.78, 5) is 2.94. The zero-order chi connectivity index (χ0) is 43.2. The van der Waals surface area contributed by atoms with Crippen molar-refractivity contribution in [3.63, 3.8) is 0 Å². The smallest absolute Gasteiger partial charge is 0.00219 e. The summed E-state index contributed by atoms with van der Waals surface area (Å²) in [5, 5.41) is 10.2. The third-order valence-corrected chi connectivity index (χ3v) is 17.2. The molecule has 0 atom stereocenters. The molecule has 11 aromatic carbocycles. The number of hydrogen-bond acceptors (Lipinski definition) is 0. The topological polar surface area (TPSA) is 0 Å². The second-order valence-electron chi connectivity index (χ2n) is 18.3. The van der Waals surface area contributed by atoms with Gasteiger partial charge >= 0.3 is 0 Å². The van der Waals surface area contributed by atoms with Crippen molar-refractivity contribution in [2.75, 3.05) is 12.5 Å². The van der Waals surface area contributed by atoms with Crippen molar-refractivity contribution < 1.29 is 0 Å². The predicted octanol–water partition coefficient (Wildman–Crippen LogP) is 18.1. The second-order valence-corrected chi connectivity index (χ2v) is 21.9. The van der Waals surface area contributed by atoms with Crippen molar-refractivity contribution in [2.45, 2.75) is 22.6 Å². The molecule has 0 saturated carbocycles. The third-order valence-electron chi connectivity index (χ3n) is 14.3. The molecule has 1 heterocycles. The quantitative estimate of drug-likeness (QED) is 0.151. The Morgan fingerprint density at radius 1 is 0.338 bits per heavy atom. The van der Waals surface area contributed by atoms with Crippen LogP contribution in [0.4, 0.5) is 0 Å². The lowest BCUT2D eigenvalue weighted by Gasteiger charge is -2.29. The van der Waals surface area contributed by atoms with E-state index in [2.05, 4.69) is 231 Å². The minimum absolute atomic E-state index is 1.08. The van der Waals surface area contributed by atoms with E-state index in [1.807, 2.05) is 0 Å². The van der Waals surface area contributed by atoms with Crippen LogP contribution >= 0.6 is 10.0 Å². The Labute approximate surface area is 382 Å². The molecule has 2 aliphatic rings. The van der Waals surface area contributed by atoms with Gasteiger partial charge < -0.3 is 0 Å². The first-order valence-corrected chi connectivity index (χ1v) is 25.3. The summed E-state index contributed by atoms with van der Waals surface area (Å²) in [5.41, 5.74) is 18.0. The van der Waals surface area contributed by atoms with Crippen molar-refractivity contribution in [1.29, 1.82) is 0 Å². The summed E-state index contributed by atoms with van der Waals surface area (Å²) in [6.45, 7) is 0. The Hall–Kier alpha value is -7.45.